The Morgan fingerprint density at radius 2 is 2.04 bits per heavy atom. The lowest BCUT2D eigenvalue weighted by molar-refractivity contribution is -0.0388. The SMILES string of the molecule is Cc1nc(N)sc1C(=O)N1CCC2(CC1)CC(N(C)c1ccccc1)CO2. The molecule has 2 aromatic rings. The van der Waals surface area contributed by atoms with E-state index in [2.05, 4.69) is 41.2 Å². The number of nitrogens with zero attached hydrogens (tertiary/aromatic N) is 3. The molecule has 0 bridgehead atoms. The molecule has 7 heteroatoms. The zero-order valence-corrected chi connectivity index (χ0v) is 16.7. The first kappa shape index (κ1) is 18.3. The van der Waals surface area contributed by atoms with Crippen LogP contribution in [-0.4, -0.2) is 54.2 Å². The molecule has 2 N–H and O–H groups in total. The van der Waals surface area contributed by atoms with Gasteiger partial charge < -0.3 is 20.3 Å². The molecule has 2 aliphatic rings. The van der Waals surface area contributed by atoms with E-state index in [1.54, 1.807) is 0 Å². The Morgan fingerprint density at radius 1 is 1.33 bits per heavy atom. The molecular weight excluding hydrogens is 360 g/mol. The summed E-state index contributed by atoms with van der Waals surface area (Å²) >= 11 is 1.28. The van der Waals surface area contributed by atoms with Crippen molar-refractivity contribution in [3.8, 4) is 0 Å². The number of hydrogen-bond acceptors (Lipinski definition) is 6. The number of amides is 1. The Balaban J connectivity index is 1.38. The molecule has 1 spiro atoms. The van der Waals surface area contributed by atoms with Crippen molar-refractivity contribution in [3.05, 3.63) is 40.9 Å². The van der Waals surface area contributed by atoms with Crippen molar-refractivity contribution >= 4 is 28.1 Å². The lowest BCUT2D eigenvalue weighted by Gasteiger charge is -2.39. The van der Waals surface area contributed by atoms with E-state index in [9.17, 15) is 4.79 Å². The highest BCUT2D eigenvalue weighted by Crippen LogP contribution is 2.39. The minimum atomic E-state index is -0.105. The Morgan fingerprint density at radius 3 is 2.67 bits per heavy atom. The number of thiazole rings is 1. The van der Waals surface area contributed by atoms with Crippen LogP contribution in [0.15, 0.2) is 30.3 Å². The average Bonchev–Trinajstić information content (AvgIpc) is 3.25. The second-order valence-corrected chi connectivity index (χ2v) is 8.59. The van der Waals surface area contributed by atoms with Crippen LogP contribution < -0.4 is 10.6 Å². The van der Waals surface area contributed by atoms with Crippen molar-refractivity contribution in [2.75, 3.05) is 37.4 Å². The number of hydrogen-bond donors (Lipinski definition) is 1. The normalized spacial score (nSPS) is 21.6. The van der Waals surface area contributed by atoms with Gasteiger partial charge in [0, 0.05) is 25.8 Å². The van der Waals surface area contributed by atoms with E-state index in [1.807, 2.05) is 17.9 Å². The van der Waals surface area contributed by atoms with Crippen molar-refractivity contribution in [2.45, 2.75) is 37.8 Å². The number of likely N-dealkylation sites (tertiary alicyclic amines) is 1. The molecule has 0 aliphatic carbocycles. The Kier molecular flexibility index (Phi) is 4.82. The fraction of sp³-hybridized carbons (Fsp3) is 0.500. The standard InChI is InChI=1S/C20H26N4O2S/c1-14-17(27-19(21)22-14)18(25)24-10-8-20(9-11-24)12-16(13-26-20)23(2)15-6-4-3-5-7-15/h3-7,16H,8-13H2,1-2H3,(H2,21,22). The molecule has 0 radical (unpaired) electrons. The van der Waals surface area contributed by atoms with Crippen molar-refractivity contribution in [2.24, 2.45) is 0 Å². The minimum Gasteiger partial charge on any atom is -0.375 e. The Bertz CT molecular complexity index is 815. The van der Waals surface area contributed by atoms with E-state index >= 15 is 0 Å². The number of benzene rings is 1. The van der Waals surface area contributed by atoms with E-state index in [0.29, 0.717) is 16.1 Å². The van der Waals surface area contributed by atoms with Gasteiger partial charge >= 0.3 is 0 Å². The molecule has 1 amide bonds. The summed E-state index contributed by atoms with van der Waals surface area (Å²) in [6.45, 7) is 4.02. The Hall–Kier alpha value is -2.12. The fourth-order valence-corrected chi connectivity index (χ4v) is 4.97. The number of para-hydroxylation sites is 1. The monoisotopic (exact) mass is 386 g/mol. The summed E-state index contributed by atoms with van der Waals surface area (Å²) in [7, 11) is 2.14. The number of aromatic nitrogens is 1. The van der Waals surface area contributed by atoms with Crippen LogP contribution in [0, 0.1) is 6.92 Å². The average molecular weight is 387 g/mol. The highest BCUT2D eigenvalue weighted by Gasteiger charge is 2.44. The lowest BCUT2D eigenvalue weighted by atomic mass is 9.87. The van der Waals surface area contributed by atoms with Crippen LogP contribution in [0.25, 0.3) is 0 Å². The van der Waals surface area contributed by atoms with Gasteiger partial charge in [0.25, 0.3) is 5.91 Å². The van der Waals surface area contributed by atoms with Crippen molar-refractivity contribution in [1.82, 2.24) is 9.88 Å². The predicted molar refractivity (Wildman–Crippen MR) is 108 cm³/mol. The van der Waals surface area contributed by atoms with Crippen molar-refractivity contribution < 1.29 is 9.53 Å². The van der Waals surface area contributed by atoms with Crippen LogP contribution in [0.3, 0.4) is 0 Å². The van der Waals surface area contributed by atoms with Crippen LogP contribution >= 0.6 is 11.3 Å². The number of nitrogens with two attached hydrogens (primary N) is 1. The maximum Gasteiger partial charge on any atom is 0.265 e. The van der Waals surface area contributed by atoms with Gasteiger partial charge in [0.15, 0.2) is 5.13 Å². The molecule has 1 atom stereocenters. The van der Waals surface area contributed by atoms with Gasteiger partial charge in [0.2, 0.25) is 0 Å². The van der Waals surface area contributed by atoms with E-state index in [0.717, 1.165) is 44.7 Å². The highest BCUT2D eigenvalue weighted by molar-refractivity contribution is 7.17. The summed E-state index contributed by atoms with van der Waals surface area (Å²) in [6, 6.07) is 10.8. The molecule has 144 valence electrons. The van der Waals surface area contributed by atoms with E-state index in [-0.39, 0.29) is 11.5 Å². The van der Waals surface area contributed by atoms with Gasteiger partial charge in [-0.3, -0.25) is 4.79 Å². The molecule has 3 heterocycles. The van der Waals surface area contributed by atoms with Crippen LogP contribution in [0.4, 0.5) is 10.8 Å². The summed E-state index contributed by atoms with van der Waals surface area (Å²) in [5.74, 6) is 0.0486. The first-order chi connectivity index (χ1) is 13.0. The summed E-state index contributed by atoms with van der Waals surface area (Å²) < 4.78 is 6.29. The smallest absolute Gasteiger partial charge is 0.265 e. The second kappa shape index (κ2) is 7.13. The number of nitrogen functional groups attached to an aromatic ring is 1. The van der Waals surface area contributed by atoms with Gasteiger partial charge in [-0.1, -0.05) is 29.5 Å². The van der Waals surface area contributed by atoms with Gasteiger partial charge in [0.05, 0.1) is 23.9 Å². The molecule has 2 saturated heterocycles. The Labute approximate surface area is 163 Å². The molecule has 1 aromatic heterocycles. The van der Waals surface area contributed by atoms with Gasteiger partial charge in [-0.05, 0) is 38.3 Å². The van der Waals surface area contributed by atoms with Gasteiger partial charge in [0.1, 0.15) is 4.88 Å². The zero-order valence-electron chi connectivity index (χ0n) is 15.9. The number of likely N-dealkylation sites (N-methyl/N-ethyl adjacent to an activating group) is 1. The van der Waals surface area contributed by atoms with Crippen LogP contribution in [0.5, 0.6) is 0 Å². The molecule has 27 heavy (non-hydrogen) atoms. The number of carbonyl (C=O) groups is 1. The second-order valence-electron chi connectivity index (χ2n) is 7.56. The molecule has 1 unspecified atom stereocenters. The van der Waals surface area contributed by atoms with Gasteiger partial charge in [-0.15, -0.1) is 0 Å². The number of carbonyl (C=O) groups excluding carboxylic acids is 1. The zero-order chi connectivity index (χ0) is 19.0. The summed E-state index contributed by atoms with van der Waals surface area (Å²) in [4.78, 5) is 21.9. The van der Waals surface area contributed by atoms with Gasteiger partial charge in [-0.2, -0.15) is 0 Å². The summed E-state index contributed by atoms with van der Waals surface area (Å²) in [6.07, 6.45) is 2.77. The number of aryl methyl sites for hydroxylation is 1. The maximum atomic E-state index is 12.8. The third-order valence-corrected chi connectivity index (χ3v) is 6.84. The minimum absolute atomic E-state index is 0.0486. The van der Waals surface area contributed by atoms with Crippen molar-refractivity contribution in [1.29, 1.82) is 0 Å². The number of piperidine rings is 1. The molecule has 1 aromatic carbocycles. The van der Waals surface area contributed by atoms with E-state index < -0.39 is 0 Å². The molecular formula is C20H26N4O2S. The quantitative estimate of drug-likeness (QED) is 0.878. The number of anilines is 2. The first-order valence-corrected chi connectivity index (χ1v) is 10.2. The van der Waals surface area contributed by atoms with Crippen LogP contribution in [0.1, 0.15) is 34.6 Å². The largest absolute Gasteiger partial charge is 0.375 e. The third kappa shape index (κ3) is 3.53. The van der Waals surface area contributed by atoms with Crippen LogP contribution in [0.2, 0.25) is 0 Å². The topological polar surface area (TPSA) is 71.7 Å². The van der Waals surface area contributed by atoms with Gasteiger partial charge in [-0.25, -0.2) is 4.98 Å². The molecule has 0 saturated carbocycles. The first-order valence-electron chi connectivity index (χ1n) is 9.41. The predicted octanol–water partition coefficient (Wildman–Crippen LogP) is 2.93. The fourth-order valence-electron chi connectivity index (χ4n) is 4.17. The molecule has 2 aliphatic heterocycles. The molecule has 2 fully saturated rings. The summed E-state index contributed by atoms with van der Waals surface area (Å²) in [5.41, 5.74) is 7.58. The third-order valence-electron chi connectivity index (χ3n) is 5.87. The lowest BCUT2D eigenvalue weighted by Crippen LogP contribution is -2.47. The summed E-state index contributed by atoms with van der Waals surface area (Å²) in [5, 5.41) is 0.454. The van der Waals surface area contributed by atoms with E-state index in [4.69, 9.17) is 10.5 Å². The van der Waals surface area contributed by atoms with Crippen molar-refractivity contribution in [3.63, 3.8) is 0 Å². The molecule has 4 rings (SSSR count). The van der Waals surface area contributed by atoms with E-state index in [1.165, 1.54) is 17.0 Å². The van der Waals surface area contributed by atoms with Crippen LogP contribution in [-0.2, 0) is 4.74 Å². The maximum absolute atomic E-state index is 12.8. The number of rotatable bonds is 3. The number of ether oxygens (including phenoxy) is 1. The highest BCUT2D eigenvalue weighted by atomic mass is 32.1. The molecule has 6 nitrogen and oxygen atoms in total.